The van der Waals surface area contributed by atoms with E-state index in [9.17, 15) is 0 Å². The number of hydrogen-bond donors (Lipinski definition) is 2. The number of rotatable bonds is 3. The molecule has 0 unspecified atom stereocenters. The standard InChI is InChI=1S/C14H20ClN3O/c1-18(11-5-3-2-4-6-11)13-9-10(15)7-8-12(13)14(16)17-19/h7-9,11,19H,2-6H2,1H3,(H2,16,17). The molecule has 0 saturated heterocycles. The molecular weight excluding hydrogens is 262 g/mol. The summed E-state index contributed by atoms with van der Waals surface area (Å²) in [5.74, 6) is 0.120. The second kappa shape index (κ2) is 6.15. The van der Waals surface area contributed by atoms with Crippen LogP contribution in [0.2, 0.25) is 5.02 Å². The van der Waals surface area contributed by atoms with Crippen molar-refractivity contribution in [1.29, 1.82) is 0 Å². The van der Waals surface area contributed by atoms with Crippen LogP contribution in [0.5, 0.6) is 0 Å². The zero-order chi connectivity index (χ0) is 13.8. The third-order valence-corrected chi connectivity index (χ3v) is 4.08. The first-order valence-corrected chi connectivity index (χ1v) is 7.01. The third kappa shape index (κ3) is 3.13. The van der Waals surface area contributed by atoms with E-state index >= 15 is 0 Å². The largest absolute Gasteiger partial charge is 0.409 e. The molecule has 0 bridgehead atoms. The molecule has 5 heteroatoms. The average molecular weight is 282 g/mol. The normalized spacial score (nSPS) is 17.5. The fourth-order valence-electron chi connectivity index (χ4n) is 2.73. The fraction of sp³-hybridized carbons (Fsp3) is 0.500. The maximum absolute atomic E-state index is 8.89. The molecule has 2 rings (SSSR count). The second-order valence-electron chi connectivity index (χ2n) is 5.05. The first-order valence-electron chi connectivity index (χ1n) is 6.63. The van der Waals surface area contributed by atoms with Crippen molar-refractivity contribution < 1.29 is 5.21 Å². The SMILES string of the molecule is CN(c1cc(Cl)ccc1C(N)=NO)C1CCCCC1. The summed E-state index contributed by atoms with van der Waals surface area (Å²) in [6.45, 7) is 0. The van der Waals surface area contributed by atoms with Crippen molar-refractivity contribution in [2.24, 2.45) is 10.9 Å². The van der Waals surface area contributed by atoms with Crippen LogP contribution >= 0.6 is 11.6 Å². The van der Waals surface area contributed by atoms with Crippen molar-refractivity contribution in [2.75, 3.05) is 11.9 Å². The lowest BCUT2D eigenvalue weighted by molar-refractivity contribution is 0.318. The topological polar surface area (TPSA) is 61.8 Å². The molecule has 0 atom stereocenters. The van der Waals surface area contributed by atoms with Gasteiger partial charge >= 0.3 is 0 Å². The van der Waals surface area contributed by atoms with Gasteiger partial charge in [0.1, 0.15) is 0 Å². The van der Waals surface area contributed by atoms with Gasteiger partial charge < -0.3 is 15.8 Å². The summed E-state index contributed by atoms with van der Waals surface area (Å²) in [5, 5.41) is 12.6. The Morgan fingerprint density at radius 1 is 1.37 bits per heavy atom. The van der Waals surface area contributed by atoms with Crippen LogP contribution in [0.3, 0.4) is 0 Å². The molecule has 0 radical (unpaired) electrons. The summed E-state index contributed by atoms with van der Waals surface area (Å²) in [5.41, 5.74) is 7.39. The van der Waals surface area contributed by atoms with Gasteiger partial charge in [-0.3, -0.25) is 0 Å². The monoisotopic (exact) mass is 281 g/mol. The van der Waals surface area contributed by atoms with E-state index in [2.05, 4.69) is 17.1 Å². The van der Waals surface area contributed by atoms with Crippen molar-refractivity contribution in [3.63, 3.8) is 0 Å². The first kappa shape index (κ1) is 14.0. The van der Waals surface area contributed by atoms with Gasteiger partial charge in [0, 0.05) is 29.4 Å². The number of nitrogens with two attached hydrogens (primary N) is 1. The molecule has 0 spiro atoms. The summed E-state index contributed by atoms with van der Waals surface area (Å²) in [6, 6.07) is 5.93. The lowest BCUT2D eigenvalue weighted by atomic mass is 9.93. The molecule has 3 N–H and O–H groups in total. The summed E-state index contributed by atoms with van der Waals surface area (Å²) in [4.78, 5) is 2.21. The van der Waals surface area contributed by atoms with E-state index in [4.69, 9.17) is 22.5 Å². The van der Waals surface area contributed by atoms with E-state index < -0.39 is 0 Å². The average Bonchev–Trinajstić information content (AvgIpc) is 2.46. The van der Waals surface area contributed by atoms with Crippen LogP contribution in [0.1, 0.15) is 37.7 Å². The Hall–Kier alpha value is -1.42. The van der Waals surface area contributed by atoms with Gasteiger partial charge in [-0.25, -0.2) is 0 Å². The molecular formula is C14H20ClN3O. The molecule has 19 heavy (non-hydrogen) atoms. The van der Waals surface area contributed by atoms with E-state index in [1.807, 2.05) is 6.07 Å². The van der Waals surface area contributed by atoms with Crippen LogP contribution in [0, 0.1) is 0 Å². The van der Waals surface area contributed by atoms with Crippen molar-refractivity contribution in [3.8, 4) is 0 Å². The zero-order valence-electron chi connectivity index (χ0n) is 11.1. The van der Waals surface area contributed by atoms with E-state index in [0.717, 1.165) is 11.3 Å². The Kier molecular flexibility index (Phi) is 4.53. The van der Waals surface area contributed by atoms with Gasteiger partial charge in [0.05, 0.1) is 0 Å². The third-order valence-electron chi connectivity index (χ3n) is 3.85. The van der Waals surface area contributed by atoms with Crippen molar-refractivity contribution in [2.45, 2.75) is 38.1 Å². The Labute approximate surface area is 118 Å². The highest BCUT2D eigenvalue weighted by Crippen LogP contribution is 2.30. The van der Waals surface area contributed by atoms with Gasteiger partial charge in [0.25, 0.3) is 0 Å². The van der Waals surface area contributed by atoms with Gasteiger partial charge in [-0.1, -0.05) is 36.0 Å². The maximum atomic E-state index is 8.89. The van der Waals surface area contributed by atoms with Crippen LogP contribution in [-0.4, -0.2) is 24.1 Å². The minimum absolute atomic E-state index is 0.120. The fourth-order valence-corrected chi connectivity index (χ4v) is 2.90. The first-order chi connectivity index (χ1) is 9.13. The molecule has 1 saturated carbocycles. The highest BCUT2D eigenvalue weighted by atomic mass is 35.5. The number of benzene rings is 1. The van der Waals surface area contributed by atoms with Crippen LogP contribution in [0.15, 0.2) is 23.4 Å². The Balaban J connectivity index is 2.33. The zero-order valence-corrected chi connectivity index (χ0v) is 11.9. The molecule has 0 aliphatic heterocycles. The van der Waals surface area contributed by atoms with E-state index in [0.29, 0.717) is 11.1 Å². The Bertz CT molecular complexity index is 470. The highest BCUT2D eigenvalue weighted by Gasteiger charge is 2.21. The molecule has 1 fully saturated rings. The van der Waals surface area contributed by atoms with E-state index in [1.165, 1.54) is 32.1 Å². The molecule has 0 amide bonds. The number of anilines is 1. The molecule has 1 aromatic rings. The Morgan fingerprint density at radius 3 is 2.68 bits per heavy atom. The number of oxime groups is 1. The minimum atomic E-state index is 0.120. The van der Waals surface area contributed by atoms with Gasteiger partial charge in [0.15, 0.2) is 5.84 Å². The van der Waals surface area contributed by atoms with Crippen LogP contribution < -0.4 is 10.6 Å². The number of halogens is 1. The van der Waals surface area contributed by atoms with Crippen molar-refractivity contribution in [1.82, 2.24) is 0 Å². The predicted octanol–water partition coefficient (Wildman–Crippen LogP) is 3.20. The lowest BCUT2D eigenvalue weighted by Crippen LogP contribution is -2.35. The molecule has 4 nitrogen and oxygen atoms in total. The summed E-state index contributed by atoms with van der Waals surface area (Å²) < 4.78 is 0. The predicted molar refractivity (Wildman–Crippen MR) is 79.2 cm³/mol. The quantitative estimate of drug-likeness (QED) is 0.387. The number of nitrogens with zero attached hydrogens (tertiary/aromatic N) is 2. The van der Waals surface area contributed by atoms with Gasteiger partial charge in [-0.05, 0) is 31.0 Å². The van der Waals surface area contributed by atoms with Gasteiger partial charge in [-0.2, -0.15) is 0 Å². The summed E-state index contributed by atoms with van der Waals surface area (Å²) in [7, 11) is 2.05. The Morgan fingerprint density at radius 2 is 2.05 bits per heavy atom. The number of amidine groups is 1. The van der Waals surface area contributed by atoms with Gasteiger partial charge in [0.2, 0.25) is 0 Å². The van der Waals surface area contributed by atoms with E-state index in [1.54, 1.807) is 12.1 Å². The molecule has 104 valence electrons. The second-order valence-corrected chi connectivity index (χ2v) is 5.49. The van der Waals surface area contributed by atoms with Crippen LogP contribution in [0.25, 0.3) is 0 Å². The summed E-state index contributed by atoms with van der Waals surface area (Å²) >= 11 is 6.08. The smallest absolute Gasteiger partial charge is 0.172 e. The van der Waals surface area contributed by atoms with Crippen LogP contribution in [-0.2, 0) is 0 Å². The molecule has 1 aliphatic carbocycles. The van der Waals surface area contributed by atoms with Gasteiger partial charge in [-0.15, -0.1) is 0 Å². The van der Waals surface area contributed by atoms with Crippen molar-refractivity contribution >= 4 is 23.1 Å². The number of hydrogen-bond acceptors (Lipinski definition) is 3. The maximum Gasteiger partial charge on any atom is 0.172 e. The molecule has 0 heterocycles. The molecule has 1 aliphatic rings. The minimum Gasteiger partial charge on any atom is -0.409 e. The molecule has 0 aromatic heterocycles. The highest BCUT2D eigenvalue weighted by molar-refractivity contribution is 6.31. The van der Waals surface area contributed by atoms with Crippen LogP contribution in [0.4, 0.5) is 5.69 Å². The van der Waals surface area contributed by atoms with Crippen molar-refractivity contribution in [3.05, 3.63) is 28.8 Å². The lowest BCUT2D eigenvalue weighted by Gasteiger charge is -2.34. The van der Waals surface area contributed by atoms with E-state index in [-0.39, 0.29) is 5.84 Å². The summed E-state index contributed by atoms with van der Waals surface area (Å²) in [6.07, 6.45) is 6.19. The molecule has 1 aromatic carbocycles.